The van der Waals surface area contributed by atoms with Crippen LogP contribution in [0, 0.1) is 0 Å². The summed E-state index contributed by atoms with van der Waals surface area (Å²) >= 11 is 0. The summed E-state index contributed by atoms with van der Waals surface area (Å²) in [5, 5.41) is 7.23. The van der Waals surface area contributed by atoms with Crippen molar-refractivity contribution in [1.29, 1.82) is 0 Å². The van der Waals surface area contributed by atoms with E-state index in [1.54, 1.807) is 13.3 Å². The first-order chi connectivity index (χ1) is 12.3. The van der Waals surface area contributed by atoms with Gasteiger partial charge in [-0.2, -0.15) is 5.10 Å². The van der Waals surface area contributed by atoms with Crippen LogP contribution in [0.5, 0.6) is 5.75 Å². The Kier molecular flexibility index (Phi) is 5.93. The zero-order chi connectivity index (χ0) is 17.5. The quantitative estimate of drug-likeness (QED) is 0.820. The van der Waals surface area contributed by atoms with Gasteiger partial charge in [0.2, 0.25) is 0 Å². The van der Waals surface area contributed by atoms with Crippen molar-refractivity contribution in [3.8, 4) is 5.75 Å². The molecular formula is C19H26N4O2. The number of nitrogens with one attached hydrogen (secondary N) is 1. The molecule has 2 heterocycles. The normalized spacial score (nSPS) is 17.3. The first-order valence-corrected chi connectivity index (χ1v) is 8.94. The van der Waals surface area contributed by atoms with Crippen LogP contribution in [0.4, 0.5) is 4.79 Å². The van der Waals surface area contributed by atoms with Crippen LogP contribution in [0.3, 0.4) is 0 Å². The maximum absolute atomic E-state index is 12.7. The number of piperidine rings is 1. The molecular weight excluding hydrogens is 316 g/mol. The first kappa shape index (κ1) is 17.3. The third-order valence-electron chi connectivity index (χ3n) is 4.64. The molecule has 2 amide bonds. The molecule has 3 rings (SSSR count). The molecule has 6 heteroatoms. The van der Waals surface area contributed by atoms with Crippen LogP contribution in [0.15, 0.2) is 42.7 Å². The summed E-state index contributed by atoms with van der Waals surface area (Å²) in [6.07, 6.45) is 7.77. The minimum Gasteiger partial charge on any atom is -0.497 e. The number of carbonyl (C=O) groups is 1. The molecule has 1 aliphatic rings. The number of hydrogen-bond acceptors (Lipinski definition) is 3. The lowest BCUT2D eigenvalue weighted by Gasteiger charge is -2.36. The van der Waals surface area contributed by atoms with Crippen molar-refractivity contribution in [1.82, 2.24) is 20.0 Å². The topological polar surface area (TPSA) is 59.4 Å². The smallest absolute Gasteiger partial charge is 0.317 e. The number of aromatic nitrogens is 2. The van der Waals surface area contributed by atoms with E-state index in [9.17, 15) is 4.79 Å². The van der Waals surface area contributed by atoms with Crippen LogP contribution in [0.2, 0.25) is 0 Å². The number of nitrogens with zero attached hydrogens (tertiary/aromatic N) is 3. The standard InChI is InChI=1S/C19H26N4O2/c1-25-17-8-4-7-16(15-17)18-9-2-3-14-23(18)19(24)20-10-5-12-22-13-6-11-21-22/h4,6-8,11,13,15,18H,2-3,5,9-10,12,14H2,1H3,(H,20,24)/t18-/m0/s1. The molecule has 1 aromatic carbocycles. The van der Waals surface area contributed by atoms with Gasteiger partial charge in [0.1, 0.15) is 5.75 Å². The van der Waals surface area contributed by atoms with Crippen molar-refractivity contribution in [3.05, 3.63) is 48.3 Å². The number of methoxy groups -OCH3 is 1. The number of benzene rings is 1. The Morgan fingerprint density at radius 2 is 2.28 bits per heavy atom. The zero-order valence-corrected chi connectivity index (χ0v) is 14.7. The highest BCUT2D eigenvalue weighted by atomic mass is 16.5. The third-order valence-corrected chi connectivity index (χ3v) is 4.64. The molecule has 25 heavy (non-hydrogen) atoms. The van der Waals surface area contributed by atoms with Crippen LogP contribution in [-0.4, -0.2) is 40.9 Å². The van der Waals surface area contributed by atoms with E-state index in [2.05, 4.69) is 16.5 Å². The number of likely N-dealkylation sites (tertiary alicyclic amines) is 1. The highest BCUT2D eigenvalue weighted by Crippen LogP contribution is 2.32. The Hall–Kier alpha value is -2.50. The maximum atomic E-state index is 12.7. The summed E-state index contributed by atoms with van der Waals surface area (Å²) in [4.78, 5) is 14.6. The van der Waals surface area contributed by atoms with E-state index >= 15 is 0 Å². The third kappa shape index (κ3) is 4.53. The Balaban J connectivity index is 1.56. The van der Waals surface area contributed by atoms with Crippen LogP contribution < -0.4 is 10.1 Å². The molecule has 1 aliphatic heterocycles. The Bertz CT molecular complexity index is 672. The van der Waals surface area contributed by atoms with Gasteiger partial charge < -0.3 is 15.0 Å². The molecule has 0 spiro atoms. The second kappa shape index (κ2) is 8.55. The van der Waals surface area contributed by atoms with Crippen molar-refractivity contribution in [2.24, 2.45) is 0 Å². The predicted molar refractivity (Wildman–Crippen MR) is 96.5 cm³/mol. The SMILES string of the molecule is COc1cccc([C@@H]2CCCCN2C(=O)NCCCn2cccn2)c1. The summed E-state index contributed by atoms with van der Waals surface area (Å²) in [7, 11) is 1.67. The molecule has 0 bridgehead atoms. The average Bonchev–Trinajstić information content (AvgIpc) is 3.18. The molecule has 6 nitrogen and oxygen atoms in total. The Morgan fingerprint density at radius 1 is 1.36 bits per heavy atom. The highest BCUT2D eigenvalue weighted by molar-refractivity contribution is 5.74. The predicted octanol–water partition coefficient (Wildman–Crippen LogP) is 3.22. The molecule has 134 valence electrons. The molecule has 0 radical (unpaired) electrons. The Labute approximate surface area is 148 Å². The lowest BCUT2D eigenvalue weighted by molar-refractivity contribution is 0.151. The van der Waals surface area contributed by atoms with E-state index < -0.39 is 0 Å². The summed E-state index contributed by atoms with van der Waals surface area (Å²) in [6.45, 7) is 2.26. The van der Waals surface area contributed by atoms with Gasteiger partial charge in [-0.15, -0.1) is 0 Å². The first-order valence-electron chi connectivity index (χ1n) is 8.94. The molecule has 0 unspecified atom stereocenters. The fraction of sp³-hybridized carbons (Fsp3) is 0.474. The van der Waals surface area contributed by atoms with Gasteiger partial charge in [-0.25, -0.2) is 4.79 Å². The van der Waals surface area contributed by atoms with Crippen molar-refractivity contribution in [2.45, 2.75) is 38.3 Å². The number of carbonyl (C=O) groups excluding carboxylic acids is 1. The molecule has 1 saturated heterocycles. The number of aryl methyl sites for hydroxylation is 1. The fourth-order valence-electron chi connectivity index (χ4n) is 3.34. The van der Waals surface area contributed by atoms with E-state index in [-0.39, 0.29) is 12.1 Å². The van der Waals surface area contributed by atoms with Gasteiger partial charge in [-0.05, 0) is 49.4 Å². The summed E-state index contributed by atoms with van der Waals surface area (Å²) in [5.74, 6) is 0.836. The lowest BCUT2D eigenvalue weighted by atomic mass is 9.95. The molecule has 1 atom stereocenters. The molecule has 1 N–H and O–H groups in total. The van der Waals surface area contributed by atoms with Crippen molar-refractivity contribution in [3.63, 3.8) is 0 Å². The highest BCUT2D eigenvalue weighted by Gasteiger charge is 2.27. The zero-order valence-electron chi connectivity index (χ0n) is 14.7. The maximum Gasteiger partial charge on any atom is 0.317 e. The number of urea groups is 1. The minimum atomic E-state index is 0.0213. The lowest BCUT2D eigenvalue weighted by Crippen LogP contribution is -2.45. The van der Waals surface area contributed by atoms with Crippen LogP contribution in [0.25, 0.3) is 0 Å². The van der Waals surface area contributed by atoms with E-state index in [1.165, 1.54) is 0 Å². The van der Waals surface area contributed by atoms with Crippen LogP contribution in [0.1, 0.15) is 37.3 Å². The van der Waals surface area contributed by atoms with Crippen molar-refractivity contribution < 1.29 is 9.53 Å². The Morgan fingerprint density at radius 3 is 3.08 bits per heavy atom. The molecule has 1 aromatic heterocycles. The van der Waals surface area contributed by atoms with Crippen LogP contribution in [-0.2, 0) is 6.54 Å². The van der Waals surface area contributed by atoms with Crippen LogP contribution >= 0.6 is 0 Å². The monoisotopic (exact) mass is 342 g/mol. The van der Waals surface area contributed by atoms with Gasteiger partial charge in [-0.1, -0.05) is 12.1 Å². The van der Waals surface area contributed by atoms with E-state index in [0.29, 0.717) is 6.54 Å². The van der Waals surface area contributed by atoms with E-state index in [4.69, 9.17) is 4.74 Å². The van der Waals surface area contributed by atoms with Gasteiger partial charge in [0.05, 0.1) is 13.2 Å². The van der Waals surface area contributed by atoms with E-state index in [1.807, 2.05) is 40.0 Å². The second-order valence-electron chi connectivity index (χ2n) is 6.34. The molecule has 1 fully saturated rings. The van der Waals surface area contributed by atoms with Gasteiger partial charge in [-0.3, -0.25) is 4.68 Å². The van der Waals surface area contributed by atoms with Gasteiger partial charge in [0.25, 0.3) is 0 Å². The number of hydrogen-bond donors (Lipinski definition) is 1. The summed E-state index contributed by atoms with van der Waals surface area (Å²) in [5.41, 5.74) is 1.14. The number of rotatable bonds is 6. The molecule has 0 saturated carbocycles. The minimum absolute atomic E-state index is 0.0213. The molecule has 0 aliphatic carbocycles. The largest absolute Gasteiger partial charge is 0.497 e. The van der Waals surface area contributed by atoms with Crippen molar-refractivity contribution >= 4 is 6.03 Å². The summed E-state index contributed by atoms with van der Waals surface area (Å²) in [6, 6.07) is 10.1. The number of ether oxygens (including phenoxy) is 1. The summed E-state index contributed by atoms with van der Waals surface area (Å²) < 4.78 is 7.21. The van der Waals surface area contributed by atoms with Gasteiger partial charge in [0.15, 0.2) is 0 Å². The van der Waals surface area contributed by atoms with Gasteiger partial charge in [0, 0.05) is 32.0 Å². The van der Waals surface area contributed by atoms with E-state index in [0.717, 1.165) is 50.1 Å². The number of amides is 2. The van der Waals surface area contributed by atoms with Crippen molar-refractivity contribution in [2.75, 3.05) is 20.2 Å². The average molecular weight is 342 g/mol. The molecule has 2 aromatic rings. The van der Waals surface area contributed by atoms with Gasteiger partial charge >= 0.3 is 6.03 Å². The second-order valence-corrected chi connectivity index (χ2v) is 6.34. The fourth-order valence-corrected chi connectivity index (χ4v) is 3.34.